The summed E-state index contributed by atoms with van der Waals surface area (Å²) in [6, 6.07) is 0. The van der Waals surface area contributed by atoms with Gasteiger partial charge in [0.2, 0.25) is 0 Å². The van der Waals surface area contributed by atoms with Crippen molar-refractivity contribution in [1.82, 2.24) is 0 Å². The third kappa shape index (κ3) is 8.05. The molecule has 3 nitrogen and oxygen atoms in total. The predicted molar refractivity (Wildman–Crippen MR) is 58.0 cm³/mol. The highest BCUT2D eigenvalue weighted by Gasteiger charge is 2.07. The molecular formula is C11H23NO2. The Hall–Kier alpha value is -0.570. The predicted octanol–water partition coefficient (Wildman–Crippen LogP) is 2.24. The van der Waals surface area contributed by atoms with Crippen LogP contribution in [-0.2, 0) is 9.53 Å². The molecule has 0 saturated heterocycles. The molecule has 0 fully saturated rings. The Morgan fingerprint density at radius 2 is 2.07 bits per heavy atom. The Morgan fingerprint density at radius 1 is 1.36 bits per heavy atom. The van der Waals surface area contributed by atoms with E-state index in [9.17, 15) is 4.79 Å². The highest BCUT2D eigenvalue weighted by molar-refractivity contribution is 5.69. The van der Waals surface area contributed by atoms with Crippen LogP contribution in [0.2, 0.25) is 0 Å². The summed E-state index contributed by atoms with van der Waals surface area (Å²) in [7, 11) is 0. The number of rotatable bonds is 8. The molecule has 0 aromatic carbocycles. The fraction of sp³-hybridized carbons (Fsp3) is 0.909. The summed E-state index contributed by atoms with van der Waals surface area (Å²) in [6.45, 7) is 4.67. The number of hydrogen-bond donors (Lipinski definition) is 1. The van der Waals surface area contributed by atoms with Crippen molar-refractivity contribution in [3.05, 3.63) is 0 Å². The van der Waals surface area contributed by atoms with Crippen LogP contribution < -0.4 is 5.73 Å². The van der Waals surface area contributed by atoms with Gasteiger partial charge in [0.25, 0.3) is 0 Å². The average Bonchev–Trinajstić information content (AvgIpc) is 2.15. The van der Waals surface area contributed by atoms with Gasteiger partial charge in [-0.3, -0.25) is 4.79 Å². The zero-order chi connectivity index (χ0) is 10.8. The van der Waals surface area contributed by atoms with Crippen LogP contribution in [0.15, 0.2) is 0 Å². The number of carbonyl (C=O) groups excluding carboxylic acids is 1. The van der Waals surface area contributed by atoms with Crippen molar-refractivity contribution in [2.24, 2.45) is 5.73 Å². The Labute approximate surface area is 87.0 Å². The Balaban J connectivity index is 3.40. The van der Waals surface area contributed by atoms with E-state index in [4.69, 9.17) is 10.5 Å². The van der Waals surface area contributed by atoms with Gasteiger partial charge in [0, 0.05) is 6.42 Å². The van der Waals surface area contributed by atoms with E-state index in [2.05, 4.69) is 6.92 Å². The second kappa shape index (κ2) is 9.00. The molecule has 0 rings (SSSR count). The first kappa shape index (κ1) is 13.4. The molecule has 0 aromatic heterocycles. The molecule has 0 bridgehead atoms. The minimum Gasteiger partial charge on any atom is -0.463 e. The first-order valence-electron chi connectivity index (χ1n) is 5.60. The first-order valence-corrected chi connectivity index (χ1v) is 5.60. The standard InChI is InChI=1S/C11H23NO2/c1-3-4-5-7-10(2)14-11(13)8-6-9-12/h10H,3-9,12H2,1-2H3. The largest absolute Gasteiger partial charge is 0.463 e. The lowest BCUT2D eigenvalue weighted by atomic mass is 10.1. The van der Waals surface area contributed by atoms with Crippen molar-refractivity contribution in [1.29, 1.82) is 0 Å². The summed E-state index contributed by atoms with van der Waals surface area (Å²) >= 11 is 0. The van der Waals surface area contributed by atoms with Crippen LogP contribution in [-0.4, -0.2) is 18.6 Å². The normalized spacial score (nSPS) is 12.5. The van der Waals surface area contributed by atoms with Crippen LogP contribution in [0.5, 0.6) is 0 Å². The molecule has 14 heavy (non-hydrogen) atoms. The highest BCUT2D eigenvalue weighted by Crippen LogP contribution is 2.07. The second-order valence-corrected chi connectivity index (χ2v) is 3.69. The van der Waals surface area contributed by atoms with Crippen molar-refractivity contribution in [2.45, 2.75) is 58.5 Å². The van der Waals surface area contributed by atoms with Gasteiger partial charge in [-0.25, -0.2) is 0 Å². The molecule has 0 amide bonds. The zero-order valence-corrected chi connectivity index (χ0v) is 9.42. The molecule has 3 heteroatoms. The van der Waals surface area contributed by atoms with Crippen molar-refractivity contribution in [2.75, 3.05) is 6.54 Å². The van der Waals surface area contributed by atoms with Gasteiger partial charge in [-0.15, -0.1) is 0 Å². The number of carbonyl (C=O) groups is 1. The maximum absolute atomic E-state index is 11.2. The monoisotopic (exact) mass is 201 g/mol. The second-order valence-electron chi connectivity index (χ2n) is 3.69. The molecule has 0 aromatic rings. The van der Waals surface area contributed by atoms with E-state index in [-0.39, 0.29) is 12.1 Å². The van der Waals surface area contributed by atoms with E-state index in [0.717, 1.165) is 19.3 Å². The summed E-state index contributed by atoms with van der Waals surface area (Å²) in [5.74, 6) is -0.112. The molecule has 0 aliphatic rings. The SMILES string of the molecule is CCCCCC(C)OC(=O)CCCN. The van der Waals surface area contributed by atoms with Crippen molar-refractivity contribution in [3.63, 3.8) is 0 Å². The van der Waals surface area contributed by atoms with Crippen LogP contribution in [0, 0.1) is 0 Å². The fourth-order valence-electron chi connectivity index (χ4n) is 1.27. The Kier molecular flexibility index (Phi) is 8.64. The van der Waals surface area contributed by atoms with Crippen molar-refractivity contribution >= 4 is 5.97 Å². The van der Waals surface area contributed by atoms with Crippen molar-refractivity contribution < 1.29 is 9.53 Å². The van der Waals surface area contributed by atoms with E-state index >= 15 is 0 Å². The third-order valence-corrected chi connectivity index (χ3v) is 2.13. The third-order valence-electron chi connectivity index (χ3n) is 2.13. The van der Waals surface area contributed by atoms with Crippen LogP contribution in [0.4, 0.5) is 0 Å². The maximum Gasteiger partial charge on any atom is 0.306 e. The van der Waals surface area contributed by atoms with Crippen LogP contribution in [0.1, 0.15) is 52.4 Å². The molecular weight excluding hydrogens is 178 g/mol. The number of unbranched alkanes of at least 4 members (excludes halogenated alkanes) is 2. The topological polar surface area (TPSA) is 52.3 Å². The van der Waals surface area contributed by atoms with Gasteiger partial charge >= 0.3 is 5.97 Å². The van der Waals surface area contributed by atoms with Gasteiger partial charge in [0.15, 0.2) is 0 Å². The number of nitrogens with two attached hydrogens (primary N) is 1. The summed E-state index contributed by atoms with van der Waals surface area (Å²) in [5, 5.41) is 0. The zero-order valence-electron chi connectivity index (χ0n) is 9.42. The summed E-state index contributed by atoms with van der Waals surface area (Å²) in [6.07, 6.45) is 5.77. The minimum absolute atomic E-state index is 0.0619. The lowest BCUT2D eigenvalue weighted by Crippen LogP contribution is -2.15. The number of esters is 1. The fourth-order valence-corrected chi connectivity index (χ4v) is 1.27. The highest BCUT2D eigenvalue weighted by atomic mass is 16.5. The molecule has 0 spiro atoms. The minimum atomic E-state index is -0.112. The summed E-state index contributed by atoms with van der Waals surface area (Å²) in [5.41, 5.74) is 5.30. The molecule has 0 heterocycles. The van der Waals surface area contributed by atoms with E-state index in [1.165, 1.54) is 12.8 Å². The van der Waals surface area contributed by atoms with Gasteiger partial charge in [-0.1, -0.05) is 19.8 Å². The molecule has 0 saturated carbocycles. The first-order chi connectivity index (χ1) is 6.70. The lowest BCUT2D eigenvalue weighted by molar-refractivity contribution is -0.148. The van der Waals surface area contributed by atoms with E-state index in [0.29, 0.717) is 13.0 Å². The summed E-state index contributed by atoms with van der Waals surface area (Å²) < 4.78 is 5.20. The van der Waals surface area contributed by atoms with Gasteiger partial charge in [0.1, 0.15) is 0 Å². The molecule has 0 aliphatic heterocycles. The van der Waals surface area contributed by atoms with Crippen LogP contribution in [0.25, 0.3) is 0 Å². The van der Waals surface area contributed by atoms with Crippen molar-refractivity contribution in [3.8, 4) is 0 Å². The molecule has 84 valence electrons. The maximum atomic E-state index is 11.2. The van der Waals surface area contributed by atoms with Gasteiger partial charge in [0.05, 0.1) is 6.10 Å². The Morgan fingerprint density at radius 3 is 2.64 bits per heavy atom. The van der Waals surface area contributed by atoms with Gasteiger partial charge in [-0.2, -0.15) is 0 Å². The van der Waals surface area contributed by atoms with E-state index in [1.807, 2.05) is 6.92 Å². The summed E-state index contributed by atoms with van der Waals surface area (Å²) in [4.78, 5) is 11.2. The molecule has 1 unspecified atom stereocenters. The van der Waals surface area contributed by atoms with Gasteiger partial charge in [-0.05, 0) is 32.7 Å². The van der Waals surface area contributed by atoms with Crippen LogP contribution in [0.3, 0.4) is 0 Å². The molecule has 0 radical (unpaired) electrons. The van der Waals surface area contributed by atoms with Gasteiger partial charge < -0.3 is 10.5 Å². The van der Waals surface area contributed by atoms with E-state index in [1.54, 1.807) is 0 Å². The number of ether oxygens (including phenoxy) is 1. The van der Waals surface area contributed by atoms with Crippen LogP contribution >= 0.6 is 0 Å². The molecule has 1 atom stereocenters. The number of hydrogen-bond acceptors (Lipinski definition) is 3. The molecule has 2 N–H and O–H groups in total. The van der Waals surface area contributed by atoms with E-state index < -0.39 is 0 Å². The molecule has 0 aliphatic carbocycles. The quantitative estimate of drug-likeness (QED) is 0.484. The smallest absolute Gasteiger partial charge is 0.306 e. The lowest BCUT2D eigenvalue weighted by Gasteiger charge is -2.12. The Bertz CT molecular complexity index is 148. The average molecular weight is 201 g/mol.